The number of fused-ring (bicyclic) bond motifs is 5. The summed E-state index contributed by atoms with van der Waals surface area (Å²) in [5, 5.41) is 31.1. The van der Waals surface area contributed by atoms with Gasteiger partial charge in [0.2, 0.25) is 23.5 Å². The molecule has 0 aromatic heterocycles. The lowest BCUT2D eigenvalue weighted by Gasteiger charge is -2.61. The minimum Gasteiger partial charge on any atom is -0.450 e. The zero-order valence-electron chi connectivity index (χ0n) is 38.6. The molecule has 13 atom stereocenters. The summed E-state index contributed by atoms with van der Waals surface area (Å²) in [5.74, 6) is -6.20. The maximum Gasteiger partial charge on any atom is 0.408 e. The zero-order valence-corrected chi connectivity index (χ0v) is 38.6. The van der Waals surface area contributed by atoms with Gasteiger partial charge in [0.1, 0.15) is 29.8 Å². The molecular formula is C46H68N4O13. The number of carbonyl (C=O) groups excluding carboxylic acids is 8. The van der Waals surface area contributed by atoms with E-state index in [9.17, 15) is 48.6 Å². The van der Waals surface area contributed by atoms with Crippen LogP contribution in [0.3, 0.4) is 0 Å². The highest BCUT2D eigenvalue weighted by Gasteiger charge is 2.72. The molecule has 4 aliphatic carbocycles. The maximum atomic E-state index is 14.7. The van der Waals surface area contributed by atoms with Gasteiger partial charge in [-0.1, -0.05) is 53.2 Å². The third-order valence-corrected chi connectivity index (χ3v) is 14.3. The van der Waals surface area contributed by atoms with E-state index in [1.165, 1.54) is 24.8 Å². The van der Waals surface area contributed by atoms with E-state index in [1.807, 2.05) is 19.9 Å². The Morgan fingerprint density at radius 2 is 1.65 bits per heavy atom. The van der Waals surface area contributed by atoms with Gasteiger partial charge in [0.05, 0.1) is 6.10 Å². The fourth-order valence-corrected chi connectivity index (χ4v) is 11.3. The number of carbonyl (C=O) groups is 8. The summed E-state index contributed by atoms with van der Waals surface area (Å²) in [6, 6.07) is -4.53. The predicted octanol–water partition coefficient (Wildman–Crippen LogP) is 3.18. The summed E-state index contributed by atoms with van der Waals surface area (Å²) in [5.41, 5.74) is -3.59. The molecule has 3 saturated carbocycles. The van der Waals surface area contributed by atoms with Crippen LogP contribution in [0.4, 0.5) is 4.79 Å². The van der Waals surface area contributed by atoms with Gasteiger partial charge in [-0.15, -0.1) is 0 Å². The SMILES string of the molecule is CCC(=O)O[C@]1(C(=O)C(O)OC(=O)[C@@H](NC(=O)[C@@H]2CCCN2C(=O)[C@H](C)NC(=O)[C@H](C)NC(=O)OC(C)(C)C)C(C)C)CC[C@H]2[C@@H]3C[C@H](C)C4=CC(=O)C=C[C@]4(C)[C@H]3[C@@H](O)C[C@@]21C. The Kier molecular flexibility index (Phi) is 14.5. The molecule has 1 heterocycles. The average molecular weight is 885 g/mol. The lowest BCUT2D eigenvalue weighted by molar-refractivity contribution is -0.215. The van der Waals surface area contributed by atoms with E-state index >= 15 is 0 Å². The number of nitrogens with one attached hydrogen (secondary N) is 3. The second-order valence-electron chi connectivity index (χ2n) is 20.1. The number of ketones is 2. The number of allylic oxidation sites excluding steroid dienone is 4. The highest BCUT2D eigenvalue weighted by molar-refractivity contribution is 6.01. The molecular weight excluding hydrogens is 817 g/mol. The van der Waals surface area contributed by atoms with Crippen molar-refractivity contribution in [2.24, 2.45) is 40.4 Å². The zero-order chi connectivity index (χ0) is 47.1. The van der Waals surface area contributed by atoms with Crippen molar-refractivity contribution in [2.75, 3.05) is 6.54 Å². The molecule has 4 fully saturated rings. The van der Waals surface area contributed by atoms with Crippen LogP contribution in [0, 0.1) is 40.4 Å². The van der Waals surface area contributed by atoms with E-state index in [4.69, 9.17) is 14.2 Å². The Hall–Kier alpha value is -4.64. The first-order chi connectivity index (χ1) is 29.2. The standard InChI is InChI=1S/C46H68N4O13/c1-12-33(53)62-46(18-16-29-28-20-24(4)30-21-27(51)15-17-44(30,10)34(28)32(52)22-45(29,46)11)36(54)41(59)61-40(58)35(23(2)3)49-38(56)31-14-13-19-50(31)39(57)26(6)47-37(55)25(5)48-42(60)63-43(7,8)9/h15,17,21,23-26,28-29,31-32,34-35,41,52,59H,12-14,16,18-20,22H2,1-11H3,(H,47,55)(H,48,60)(H,49,56)/t24-,25-,26-,28-,29-,31-,32-,34+,35-,41?,44-,45-,46-/m0/s1. The molecule has 4 amide bonds. The highest BCUT2D eigenvalue weighted by Crippen LogP contribution is 2.68. The molecule has 17 nitrogen and oxygen atoms in total. The van der Waals surface area contributed by atoms with Crippen LogP contribution in [0.25, 0.3) is 0 Å². The Morgan fingerprint density at radius 3 is 2.27 bits per heavy atom. The molecule has 0 bridgehead atoms. The van der Waals surface area contributed by atoms with Crippen molar-refractivity contribution in [1.82, 2.24) is 20.9 Å². The molecule has 0 spiro atoms. The molecule has 0 radical (unpaired) electrons. The summed E-state index contributed by atoms with van der Waals surface area (Å²) in [6.07, 6.45) is 2.58. The summed E-state index contributed by atoms with van der Waals surface area (Å²) in [7, 11) is 0. The van der Waals surface area contributed by atoms with E-state index in [0.717, 1.165) is 5.57 Å². The van der Waals surface area contributed by atoms with Gasteiger partial charge in [-0.2, -0.15) is 0 Å². The van der Waals surface area contributed by atoms with Gasteiger partial charge in [0, 0.05) is 29.7 Å². The molecule has 350 valence electrons. The number of aliphatic hydroxyl groups is 2. The van der Waals surface area contributed by atoms with Crippen LogP contribution >= 0.6 is 0 Å². The van der Waals surface area contributed by atoms with Crippen LogP contribution in [0.5, 0.6) is 0 Å². The van der Waals surface area contributed by atoms with Crippen molar-refractivity contribution in [3.05, 3.63) is 23.8 Å². The quantitative estimate of drug-likeness (QED) is 0.102. The Morgan fingerprint density at radius 1 is 0.984 bits per heavy atom. The number of aliphatic hydroxyl groups excluding tert-OH is 2. The molecule has 0 aromatic rings. The molecule has 5 aliphatic rings. The number of hydrogen-bond donors (Lipinski definition) is 5. The van der Waals surface area contributed by atoms with Gasteiger partial charge in [-0.3, -0.25) is 28.8 Å². The number of hydrogen-bond acceptors (Lipinski definition) is 13. The van der Waals surface area contributed by atoms with Gasteiger partial charge >= 0.3 is 18.0 Å². The molecule has 17 heteroatoms. The van der Waals surface area contributed by atoms with Crippen LogP contribution < -0.4 is 16.0 Å². The molecule has 1 aliphatic heterocycles. The van der Waals surface area contributed by atoms with Crippen LogP contribution in [0.15, 0.2) is 23.8 Å². The number of ether oxygens (including phenoxy) is 3. The monoisotopic (exact) mass is 884 g/mol. The topological polar surface area (TPSA) is 244 Å². The van der Waals surface area contributed by atoms with Gasteiger partial charge in [0.15, 0.2) is 11.4 Å². The second kappa shape index (κ2) is 18.5. The number of nitrogens with zero attached hydrogens (tertiary/aromatic N) is 1. The smallest absolute Gasteiger partial charge is 0.408 e. The van der Waals surface area contributed by atoms with E-state index in [1.54, 1.807) is 54.5 Å². The van der Waals surface area contributed by atoms with E-state index in [-0.39, 0.29) is 61.7 Å². The third kappa shape index (κ3) is 9.59. The number of likely N-dealkylation sites (tertiary alicyclic amines) is 1. The fourth-order valence-electron chi connectivity index (χ4n) is 11.3. The van der Waals surface area contributed by atoms with Gasteiger partial charge in [-0.05, 0) is 109 Å². The van der Waals surface area contributed by atoms with Gasteiger partial charge in [0.25, 0.3) is 6.29 Å². The van der Waals surface area contributed by atoms with Crippen LogP contribution in [-0.2, 0) is 47.8 Å². The van der Waals surface area contributed by atoms with Gasteiger partial charge in [-0.25, -0.2) is 9.59 Å². The predicted molar refractivity (Wildman–Crippen MR) is 227 cm³/mol. The number of alkyl carbamates (subject to hydrolysis) is 1. The maximum absolute atomic E-state index is 14.7. The average Bonchev–Trinajstić information content (AvgIpc) is 3.78. The first-order valence-corrected chi connectivity index (χ1v) is 22.4. The van der Waals surface area contributed by atoms with Crippen LogP contribution in [0.1, 0.15) is 121 Å². The molecule has 5 N–H and O–H groups in total. The Labute approximate surface area is 369 Å². The number of rotatable bonds is 13. The van der Waals surface area contributed by atoms with E-state index < -0.39 is 106 Å². The Balaban J connectivity index is 1.29. The number of amides is 4. The van der Waals surface area contributed by atoms with Crippen LogP contribution in [0.2, 0.25) is 0 Å². The van der Waals surface area contributed by atoms with Crippen molar-refractivity contribution in [1.29, 1.82) is 0 Å². The molecule has 1 saturated heterocycles. The van der Waals surface area contributed by atoms with Gasteiger partial charge < -0.3 is 45.3 Å². The van der Waals surface area contributed by atoms with Crippen molar-refractivity contribution in [2.45, 2.75) is 169 Å². The summed E-state index contributed by atoms with van der Waals surface area (Å²) < 4.78 is 16.7. The van der Waals surface area contributed by atoms with E-state index in [0.29, 0.717) is 19.3 Å². The van der Waals surface area contributed by atoms with E-state index in [2.05, 4.69) is 16.0 Å². The molecule has 5 rings (SSSR count). The lowest BCUT2D eigenvalue weighted by atomic mass is 9.44. The van der Waals surface area contributed by atoms with Crippen molar-refractivity contribution in [3.63, 3.8) is 0 Å². The molecule has 0 aromatic carbocycles. The lowest BCUT2D eigenvalue weighted by Crippen LogP contribution is -2.64. The molecule has 63 heavy (non-hydrogen) atoms. The minimum atomic E-state index is -2.41. The largest absolute Gasteiger partial charge is 0.450 e. The van der Waals surface area contributed by atoms with Crippen molar-refractivity contribution < 1.29 is 62.8 Å². The summed E-state index contributed by atoms with van der Waals surface area (Å²) in [4.78, 5) is 108. The summed E-state index contributed by atoms with van der Waals surface area (Å²) in [6.45, 7) is 18.8. The summed E-state index contributed by atoms with van der Waals surface area (Å²) >= 11 is 0. The van der Waals surface area contributed by atoms with Crippen molar-refractivity contribution in [3.8, 4) is 0 Å². The van der Waals surface area contributed by atoms with Crippen molar-refractivity contribution >= 4 is 47.3 Å². The fraction of sp³-hybridized carbons (Fsp3) is 0.739. The number of Topliss-reactive ketones (excluding diaryl/α,β-unsaturated/α-hetero) is 1. The second-order valence-corrected chi connectivity index (χ2v) is 20.1. The number of esters is 2. The first kappa shape index (κ1) is 49.4. The highest BCUT2D eigenvalue weighted by atomic mass is 16.6. The van der Waals surface area contributed by atoms with Crippen LogP contribution in [-0.4, -0.2) is 117 Å². The Bertz CT molecular complexity index is 1920. The first-order valence-electron chi connectivity index (χ1n) is 22.4. The molecule has 1 unspecified atom stereocenters. The third-order valence-electron chi connectivity index (χ3n) is 14.3. The minimum absolute atomic E-state index is 0.0132. The normalized spacial score (nSPS) is 33.0.